The molecule has 1 aliphatic rings. The van der Waals surface area contributed by atoms with Crippen molar-refractivity contribution in [2.75, 3.05) is 19.6 Å². The molecule has 2 aromatic rings. The van der Waals surface area contributed by atoms with Crippen molar-refractivity contribution in [3.63, 3.8) is 0 Å². The van der Waals surface area contributed by atoms with Crippen LogP contribution < -0.4 is 5.32 Å². The molecule has 0 saturated carbocycles. The van der Waals surface area contributed by atoms with Gasteiger partial charge in [-0.15, -0.1) is 0 Å². The molecule has 0 amide bonds. The molecule has 0 radical (unpaired) electrons. The van der Waals surface area contributed by atoms with Gasteiger partial charge in [-0.2, -0.15) is 0 Å². The van der Waals surface area contributed by atoms with Crippen LogP contribution in [0, 0.1) is 0 Å². The summed E-state index contributed by atoms with van der Waals surface area (Å²) in [4.78, 5) is 2.35. The smallest absolute Gasteiger partial charge is 0.0791 e. The van der Waals surface area contributed by atoms with Gasteiger partial charge in [0, 0.05) is 32.7 Å². The first-order chi connectivity index (χ1) is 12.4. The molecule has 140 valence electrons. The predicted octanol–water partition coefficient (Wildman–Crippen LogP) is 3.49. The van der Waals surface area contributed by atoms with E-state index in [9.17, 15) is 5.11 Å². The Kier molecular flexibility index (Phi) is 6.13. The molecule has 1 atom stereocenters. The molecule has 3 heteroatoms. The molecular weight excluding hydrogens is 320 g/mol. The first-order valence-corrected chi connectivity index (χ1v) is 9.69. The van der Waals surface area contributed by atoms with E-state index in [1.54, 1.807) is 0 Å². The van der Waals surface area contributed by atoms with Crippen molar-refractivity contribution >= 4 is 0 Å². The lowest BCUT2D eigenvalue weighted by Gasteiger charge is -2.30. The third-order valence-electron chi connectivity index (χ3n) is 5.21. The highest BCUT2D eigenvalue weighted by Crippen LogP contribution is 2.22. The Morgan fingerprint density at radius 1 is 1.04 bits per heavy atom. The molecule has 3 rings (SSSR count). The maximum Gasteiger partial charge on any atom is 0.0791 e. The van der Waals surface area contributed by atoms with E-state index in [0.717, 1.165) is 32.6 Å². The van der Waals surface area contributed by atoms with Crippen LogP contribution in [0.15, 0.2) is 48.5 Å². The van der Waals surface area contributed by atoms with Gasteiger partial charge in [-0.25, -0.2) is 0 Å². The Labute approximate surface area is 158 Å². The molecule has 1 aliphatic heterocycles. The monoisotopic (exact) mass is 352 g/mol. The van der Waals surface area contributed by atoms with Gasteiger partial charge in [0.15, 0.2) is 0 Å². The van der Waals surface area contributed by atoms with E-state index in [4.69, 9.17) is 0 Å². The molecular formula is C23H32N2O. The quantitative estimate of drug-likeness (QED) is 0.835. The van der Waals surface area contributed by atoms with Crippen LogP contribution in [0.1, 0.15) is 43.0 Å². The standard InChI is InChI=1S/C23H32N2O/c1-23(2,3)21-10-8-18(9-11-21)14-24-15-22(26)17-25-13-12-19-6-4-5-7-20(19)16-25/h4-11,22,24,26H,12-17H2,1-3H3. The minimum atomic E-state index is -0.339. The van der Waals surface area contributed by atoms with Crippen LogP contribution in [0.2, 0.25) is 0 Å². The van der Waals surface area contributed by atoms with E-state index in [2.05, 4.69) is 79.5 Å². The second-order valence-electron chi connectivity index (χ2n) is 8.49. The van der Waals surface area contributed by atoms with Crippen molar-refractivity contribution in [1.82, 2.24) is 10.2 Å². The number of hydrogen-bond acceptors (Lipinski definition) is 3. The molecule has 2 N–H and O–H groups in total. The first-order valence-electron chi connectivity index (χ1n) is 9.69. The van der Waals surface area contributed by atoms with Gasteiger partial charge < -0.3 is 10.4 Å². The SMILES string of the molecule is CC(C)(C)c1ccc(CNCC(O)CN2CCc3ccccc3C2)cc1. The largest absolute Gasteiger partial charge is 0.390 e. The molecule has 1 unspecified atom stereocenters. The Balaban J connectivity index is 1.41. The Bertz CT molecular complexity index is 703. The van der Waals surface area contributed by atoms with Crippen molar-refractivity contribution in [3.05, 3.63) is 70.8 Å². The van der Waals surface area contributed by atoms with Crippen LogP contribution in [0.5, 0.6) is 0 Å². The summed E-state index contributed by atoms with van der Waals surface area (Å²) in [6, 6.07) is 17.4. The van der Waals surface area contributed by atoms with Crippen LogP contribution >= 0.6 is 0 Å². The minimum absolute atomic E-state index is 0.190. The lowest BCUT2D eigenvalue weighted by atomic mass is 9.87. The van der Waals surface area contributed by atoms with Gasteiger partial charge in [0.2, 0.25) is 0 Å². The number of aliphatic hydroxyl groups is 1. The summed E-state index contributed by atoms with van der Waals surface area (Å²) in [6.07, 6.45) is 0.741. The highest BCUT2D eigenvalue weighted by Gasteiger charge is 2.18. The van der Waals surface area contributed by atoms with E-state index >= 15 is 0 Å². The van der Waals surface area contributed by atoms with Gasteiger partial charge in [-0.05, 0) is 34.1 Å². The zero-order chi connectivity index (χ0) is 18.6. The van der Waals surface area contributed by atoms with E-state index in [0.29, 0.717) is 6.54 Å². The average Bonchev–Trinajstić information content (AvgIpc) is 2.61. The van der Waals surface area contributed by atoms with Gasteiger partial charge in [0.05, 0.1) is 6.10 Å². The second-order valence-corrected chi connectivity index (χ2v) is 8.49. The van der Waals surface area contributed by atoms with Gasteiger partial charge in [-0.3, -0.25) is 4.90 Å². The van der Waals surface area contributed by atoms with Crippen LogP contribution in [-0.4, -0.2) is 35.7 Å². The molecule has 2 aromatic carbocycles. The highest BCUT2D eigenvalue weighted by atomic mass is 16.3. The Morgan fingerprint density at radius 2 is 1.73 bits per heavy atom. The number of rotatable bonds is 6. The number of aliphatic hydroxyl groups excluding tert-OH is 1. The topological polar surface area (TPSA) is 35.5 Å². The van der Waals surface area contributed by atoms with Crippen LogP contribution in [0.25, 0.3) is 0 Å². The summed E-state index contributed by atoms with van der Waals surface area (Å²) >= 11 is 0. The third kappa shape index (κ3) is 5.16. The molecule has 3 nitrogen and oxygen atoms in total. The number of fused-ring (bicyclic) bond motifs is 1. The molecule has 26 heavy (non-hydrogen) atoms. The van der Waals surface area contributed by atoms with Gasteiger partial charge in [-0.1, -0.05) is 69.3 Å². The Morgan fingerprint density at radius 3 is 2.42 bits per heavy atom. The zero-order valence-electron chi connectivity index (χ0n) is 16.3. The number of nitrogens with zero attached hydrogens (tertiary/aromatic N) is 1. The van der Waals surface area contributed by atoms with Crippen LogP contribution in [0.3, 0.4) is 0 Å². The van der Waals surface area contributed by atoms with Gasteiger partial charge >= 0.3 is 0 Å². The molecule has 0 spiro atoms. The highest BCUT2D eigenvalue weighted by molar-refractivity contribution is 5.29. The van der Waals surface area contributed by atoms with Crippen LogP contribution in [-0.2, 0) is 24.9 Å². The molecule has 0 fully saturated rings. The summed E-state index contributed by atoms with van der Waals surface area (Å²) in [5, 5.41) is 13.8. The van der Waals surface area contributed by atoms with Crippen molar-refractivity contribution in [2.45, 2.75) is 51.8 Å². The Hall–Kier alpha value is -1.68. The molecule has 0 bridgehead atoms. The van der Waals surface area contributed by atoms with Crippen molar-refractivity contribution in [2.24, 2.45) is 0 Å². The predicted molar refractivity (Wildman–Crippen MR) is 108 cm³/mol. The normalized spacial score (nSPS) is 16.3. The van der Waals surface area contributed by atoms with E-state index in [1.165, 1.54) is 22.3 Å². The summed E-state index contributed by atoms with van der Waals surface area (Å²) in [6.45, 7) is 10.8. The summed E-state index contributed by atoms with van der Waals surface area (Å²) in [5.41, 5.74) is 5.66. The first kappa shape index (κ1) is 19.1. The van der Waals surface area contributed by atoms with Crippen LogP contribution in [0.4, 0.5) is 0 Å². The lowest BCUT2D eigenvalue weighted by molar-refractivity contribution is 0.104. The van der Waals surface area contributed by atoms with E-state index < -0.39 is 0 Å². The maximum atomic E-state index is 10.4. The average molecular weight is 353 g/mol. The molecule has 0 aliphatic carbocycles. The fraction of sp³-hybridized carbons (Fsp3) is 0.478. The molecule has 0 aromatic heterocycles. The second kappa shape index (κ2) is 8.34. The number of hydrogen-bond donors (Lipinski definition) is 2. The van der Waals surface area contributed by atoms with Crippen molar-refractivity contribution in [3.8, 4) is 0 Å². The summed E-state index contributed by atoms with van der Waals surface area (Å²) in [7, 11) is 0. The minimum Gasteiger partial charge on any atom is -0.390 e. The summed E-state index contributed by atoms with van der Waals surface area (Å²) in [5.74, 6) is 0. The zero-order valence-corrected chi connectivity index (χ0v) is 16.3. The fourth-order valence-corrected chi connectivity index (χ4v) is 3.58. The fourth-order valence-electron chi connectivity index (χ4n) is 3.58. The summed E-state index contributed by atoms with van der Waals surface area (Å²) < 4.78 is 0. The molecule has 1 heterocycles. The van der Waals surface area contributed by atoms with E-state index in [-0.39, 0.29) is 11.5 Å². The number of nitrogens with one attached hydrogen (secondary N) is 1. The lowest BCUT2D eigenvalue weighted by Crippen LogP contribution is -2.40. The van der Waals surface area contributed by atoms with Gasteiger partial charge in [0.1, 0.15) is 0 Å². The van der Waals surface area contributed by atoms with Crippen molar-refractivity contribution < 1.29 is 5.11 Å². The number of benzene rings is 2. The van der Waals surface area contributed by atoms with E-state index in [1.807, 2.05) is 0 Å². The number of β-amino-alcohol motifs (C(OH)–C–C–N with tert-alkyl or cyclic N) is 1. The third-order valence-corrected chi connectivity index (χ3v) is 5.21. The maximum absolute atomic E-state index is 10.4. The van der Waals surface area contributed by atoms with Crippen molar-refractivity contribution in [1.29, 1.82) is 0 Å². The van der Waals surface area contributed by atoms with Gasteiger partial charge in [0.25, 0.3) is 0 Å². The molecule has 0 saturated heterocycles.